The standard InChI is InChI=1S/C10H9BrO2/c1-8(12)13-10(7-11)9-5-3-2-4-6-9/h2-7H,1H3/b10-7+. The zero-order chi connectivity index (χ0) is 9.68. The molecule has 0 radical (unpaired) electrons. The van der Waals surface area contributed by atoms with Crippen LogP contribution in [0.25, 0.3) is 5.76 Å². The van der Waals surface area contributed by atoms with E-state index in [1.165, 1.54) is 6.92 Å². The minimum Gasteiger partial charge on any atom is -0.426 e. The van der Waals surface area contributed by atoms with Crippen LogP contribution in [0.4, 0.5) is 0 Å². The van der Waals surface area contributed by atoms with Gasteiger partial charge in [-0.25, -0.2) is 0 Å². The van der Waals surface area contributed by atoms with Gasteiger partial charge in [0, 0.05) is 17.5 Å². The fraction of sp³-hybridized carbons (Fsp3) is 0.100. The molecule has 0 heterocycles. The molecule has 0 aliphatic carbocycles. The van der Waals surface area contributed by atoms with Crippen LogP contribution in [0.15, 0.2) is 35.3 Å². The largest absolute Gasteiger partial charge is 0.426 e. The molecule has 0 saturated heterocycles. The van der Waals surface area contributed by atoms with E-state index in [1.54, 1.807) is 4.99 Å². The predicted molar refractivity (Wildman–Crippen MR) is 55.1 cm³/mol. The van der Waals surface area contributed by atoms with Gasteiger partial charge in [0.25, 0.3) is 0 Å². The first kappa shape index (κ1) is 9.99. The van der Waals surface area contributed by atoms with Crippen molar-refractivity contribution in [2.45, 2.75) is 6.92 Å². The monoisotopic (exact) mass is 240 g/mol. The lowest BCUT2D eigenvalue weighted by molar-refractivity contribution is -0.134. The maximum absolute atomic E-state index is 10.7. The van der Waals surface area contributed by atoms with Crippen molar-refractivity contribution in [2.24, 2.45) is 0 Å². The van der Waals surface area contributed by atoms with Crippen molar-refractivity contribution >= 4 is 27.7 Å². The van der Waals surface area contributed by atoms with Crippen LogP contribution >= 0.6 is 15.9 Å². The van der Waals surface area contributed by atoms with Gasteiger partial charge in [-0.2, -0.15) is 0 Å². The molecule has 0 atom stereocenters. The van der Waals surface area contributed by atoms with Gasteiger partial charge in [0.1, 0.15) is 5.76 Å². The summed E-state index contributed by atoms with van der Waals surface area (Å²) in [6.45, 7) is 1.37. The van der Waals surface area contributed by atoms with Gasteiger partial charge in [0.2, 0.25) is 0 Å². The van der Waals surface area contributed by atoms with Crippen LogP contribution < -0.4 is 0 Å². The van der Waals surface area contributed by atoms with Gasteiger partial charge in [-0.3, -0.25) is 4.79 Å². The summed E-state index contributed by atoms with van der Waals surface area (Å²) in [5.41, 5.74) is 0.870. The highest BCUT2D eigenvalue weighted by Crippen LogP contribution is 2.16. The zero-order valence-corrected chi connectivity index (χ0v) is 8.74. The number of rotatable bonds is 2. The van der Waals surface area contributed by atoms with E-state index < -0.39 is 0 Å². The third-order valence-electron chi connectivity index (χ3n) is 1.41. The summed E-state index contributed by atoms with van der Waals surface area (Å²) in [5, 5.41) is 0. The molecule has 0 aromatic heterocycles. The lowest BCUT2D eigenvalue weighted by atomic mass is 10.2. The topological polar surface area (TPSA) is 26.3 Å². The van der Waals surface area contributed by atoms with Crippen LogP contribution in [0.3, 0.4) is 0 Å². The maximum Gasteiger partial charge on any atom is 0.308 e. The highest BCUT2D eigenvalue weighted by atomic mass is 79.9. The summed E-state index contributed by atoms with van der Waals surface area (Å²) in [6.07, 6.45) is 0. The highest BCUT2D eigenvalue weighted by molar-refractivity contribution is 9.11. The molecular weight excluding hydrogens is 232 g/mol. The fourth-order valence-corrected chi connectivity index (χ4v) is 1.26. The first-order valence-corrected chi connectivity index (χ1v) is 4.70. The first-order valence-electron chi connectivity index (χ1n) is 3.78. The Morgan fingerprint density at radius 1 is 1.38 bits per heavy atom. The van der Waals surface area contributed by atoms with Crippen LogP contribution in [0.1, 0.15) is 12.5 Å². The molecule has 0 aliphatic rings. The molecule has 0 amide bonds. The quantitative estimate of drug-likeness (QED) is 0.587. The van der Waals surface area contributed by atoms with Crippen LogP contribution in [0.5, 0.6) is 0 Å². The van der Waals surface area contributed by atoms with Crippen molar-refractivity contribution in [3.05, 3.63) is 40.9 Å². The predicted octanol–water partition coefficient (Wildman–Crippen LogP) is 2.94. The molecule has 0 spiro atoms. The van der Waals surface area contributed by atoms with E-state index in [9.17, 15) is 4.79 Å². The molecule has 0 bridgehead atoms. The second-order valence-corrected chi connectivity index (χ2v) is 2.89. The Hall–Kier alpha value is -1.09. The van der Waals surface area contributed by atoms with Gasteiger partial charge >= 0.3 is 5.97 Å². The number of ether oxygens (including phenoxy) is 1. The molecule has 2 nitrogen and oxygen atoms in total. The molecule has 0 saturated carbocycles. The minimum atomic E-state index is -0.324. The lowest BCUT2D eigenvalue weighted by Crippen LogP contribution is -1.97. The molecule has 13 heavy (non-hydrogen) atoms. The van der Waals surface area contributed by atoms with Crippen LogP contribution in [-0.4, -0.2) is 5.97 Å². The first-order chi connectivity index (χ1) is 6.24. The molecule has 68 valence electrons. The third kappa shape index (κ3) is 3.03. The summed E-state index contributed by atoms with van der Waals surface area (Å²) in [4.78, 5) is 12.3. The average Bonchev–Trinajstić information content (AvgIpc) is 2.15. The normalized spacial score (nSPS) is 11.1. The molecule has 3 heteroatoms. The second kappa shape index (κ2) is 4.82. The van der Waals surface area contributed by atoms with Crippen LogP contribution in [0.2, 0.25) is 0 Å². The molecule has 1 aromatic carbocycles. The molecule has 0 aliphatic heterocycles. The van der Waals surface area contributed by atoms with Gasteiger partial charge in [0.15, 0.2) is 0 Å². The van der Waals surface area contributed by atoms with E-state index in [-0.39, 0.29) is 5.97 Å². The number of carbonyl (C=O) groups is 1. The SMILES string of the molecule is CC(=O)O/C(=C/Br)c1ccccc1. The number of esters is 1. The molecular formula is C10H9BrO2. The number of carbonyl (C=O) groups excluding carboxylic acids is 1. The third-order valence-corrected chi connectivity index (χ3v) is 1.83. The van der Waals surface area contributed by atoms with Crippen molar-refractivity contribution in [3.8, 4) is 0 Å². The summed E-state index contributed by atoms with van der Waals surface area (Å²) in [7, 11) is 0. The van der Waals surface area contributed by atoms with E-state index in [1.807, 2.05) is 30.3 Å². The molecule has 0 unspecified atom stereocenters. The fourth-order valence-electron chi connectivity index (χ4n) is 0.901. The van der Waals surface area contributed by atoms with Crippen molar-refractivity contribution in [3.63, 3.8) is 0 Å². The summed E-state index contributed by atoms with van der Waals surface area (Å²) >= 11 is 3.14. The lowest BCUT2D eigenvalue weighted by Gasteiger charge is -2.04. The summed E-state index contributed by atoms with van der Waals surface area (Å²) in [5.74, 6) is 0.197. The van der Waals surface area contributed by atoms with E-state index >= 15 is 0 Å². The van der Waals surface area contributed by atoms with Gasteiger partial charge in [-0.1, -0.05) is 46.3 Å². The van der Waals surface area contributed by atoms with Crippen molar-refractivity contribution in [2.75, 3.05) is 0 Å². The van der Waals surface area contributed by atoms with Crippen LogP contribution in [-0.2, 0) is 9.53 Å². The summed E-state index contributed by atoms with van der Waals surface area (Å²) in [6, 6.07) is 9.42. The molecule has 1 aromatic rings. The Morgan fingerprint density at radius 3 is 2.46 bits per heavy atom. The molecule has 0 fully saturated rings. The van der Waals surface area contributed by atoms with Crippen molar-refractivity contribution < 1.29 is 9.53 Å². The van der Waals surface area contributed by atoms with Crippen LogP contribution in [0, 0.1) is 0 Å². The van der Waals surface area contributed by atoms with Crippen molar-refractivity contribution in [1.82, 2.24) is 0 Å². The van der Waals surface area contributed by atoms with Gasteiger partial charge in [-0.05, 0) is 0 Å². The number of halogens is 1. The smallest absolute Gasteiger partial charge is 0.308 e. The number of hydrogen-bond donors (Lipinski definition) is 0. The van der Waals surface area contributed by atoms with Gasteiger partial charge < -0.3 is 4.74 Å². The number of hydrogen-bond acceptors (Lipinski definition) is 2. The Balaban J connectivity index is 2.86. The van der Waals surface area contributed by atoms with Crippen molar-refractivity contribution in [1.29, 1.82) is 0 Å². The van der Waals surface area contributed by atoms with E-state index in [4.69, 9.17) is 4.74 Å². The average molecular weight is 241 g/mol. The Kier molecular flexibility index (Phi) is 3.71. The van der Waals surface area contributed by atoms with E-state index in [0.717, 1.165) is 5.56 Å². The maximum atomic E-state index is 10.7. The Morgan fingerprint density at radius 2 is 2.00 bits per heavy atom. The highest BCUT2D eigenvalue weighted by Gasteiger charge is 2.03. The minimum absolute atomic E-state index is 0.324. The Bertz CT molecular complexity index is 317. The molecule has 0 N–H and O–H groups in total. The van der Waals surface area contributed by atoms with E-state index in [2.05, 4.69) is 15.9 Å². The van der Waals surface area contributed by atoms with Gasteiger partial charge in [-0.15, -0.1) is 0 Å². The summed E-state index contributed by atoms with van der Waals surface area (Å²) < 4.78 is 4.96. The van der Waals surface area contributed by atoms with Gasteiger partial charge in [0.05, 0.1) is 0 Å². The Labute approximate surface area is 85.3 Å². The number of benzene rings is 1. The second-order valence-electron chi connectivity index (χ2n) is 2.43. The zero-order valence-electron chi connectivity index (χ0n) is 7.16. The molecule has 1 rings (SSSR count). The van der Waals surface area contributed by atoms with E-state index in [0.29, 0.717) is 5.76 Å².